The number of amides is 2. The first-order valence-electron chi connectivity index (χ1n) is 8.99. The van der Waals surface area contributed by atoms with E-state index in [-0.39, 0.29) is 17.9 Å². The molecule has 1 aliphatic heterocycles. The van der Waals surface area contributed by atoms with E-state index in [2.05, 4.69) is 5.32 Å². The van der Waals surface area contributed by atoms with E-state index in [1.54, 1.807) is 20.2 Å². The normalized spacial score (nSPS) is 21.3. The average Bonchev–Trinajstić information content (AvgIpc) is 2.95. The molecule has 0 spiro atoms. The van der Waals surface area contributed by atoms with Gasteiger partial charge in [0, 0.05) is 19.5 Å². The van der Waals surface area contributed by atoms with Crippen LogP contribution in [0.2, 0.25) is 0 Å². The molecule has 2 fully saturated rings. The summed E-state index contributed by atoms with van der Waals surface area (Å²) in [7, 11) is 3.23. The summed E-state index contributed by atoms with van der Waals surface area (Å²) >= 11 is 0. The van der Waals surface area contributed by atoms with Crippen LogP contribution in [0, 0.1) is 0 Å². The van der Waals surface area contributed by atoms with Crippen molar-refractivity contribution < 1.29 is 19.1 Å². The molecule has 1 unspecified atom stereocenters. The Kier molecular flexibility index (Phi) is 5.46. The summed E-state index contributed by atoms with van der Waals surface area (Å²) in [5.74, 6) is 1.12. The molecule has 1 N–H and O–H groups in total. The summed E-state index contributed by atoms with van der Waals surface area (Å²) in [6.07, 6.45) is 7.02. The predicted octanol–water partition coefficient (Wildman–Crippen LogP) is 2.97. The van der Waals surface area contributed by atoms with Crippen LogP contribution >= 0.6 is 0 Å². The molecule has 1 aliphatic carbocycles. The maximum Gasteiger partial charge on any atom is 0.247 e. The van der Waals surface area contributed by atoms with Crippen molar-refractivity contribution in [3.8, 4) is 11.5 Å². The number of ether oxygens (including phenoxy) is 2. The van der Waals surface area contributed by atoms with Gasteiger partial charge in [0.25, 0.3) is 0 Å². The third-order valence-electron chi connectivity index (χ3n) is 5.08. The van der Waals surface area contributed by atoms with E-state index in [1.807, 2.05) is 12.1 Å². The summed E-state index contributed by atoms with van der Waals surface area (Å²) in [4.78, 5) is 25.7. The van der Waals surface area contributed by atoms with Crippen molar-refractivity contribution in [1.29, 1.82) is 0 Å². The van der Waals surface area contributed by atoms with Gasteiger partial charge in [-0.2, -0.15) is 0 Å². The Hall–Kier alpha value is -2.24. The minimum atomic E-state index is -0.430. The number of carbonyl (C=O) groups excluding carboxylic acids is 2. The lowest BCUT2D eigenvalue weighted by atomic mass is 9.98. The van der Waals surface area contributed by atoms with Gasteiger partial charge in [-0.3, -0.25) is 9.59 Å². The Bertz CT molecular complexity index is 640. The summed E-state index contributed by atoms with van der Waals surface area (Å²) in [6, 6.07) is 5.05. The largest absolute Gasteiger partial charge is 0.495 e. The fourth-order valence-electron chi connectivity index (χ4n) is 3.56. The van der Waals surface area contributed by atoms with E-state index in [1.165, 1.54) is 24.2 Å². The predicted molar refractivity (Wildman–Crippen MR) is 94.9 cm³/mol. The molecule has 136 valence electrons. The van der Waals surface area contributed by atoms with Gasteiger partial charge in [-0.05, 0) is 44.2 Å². The van der Waals surface area contributed by atoms with Gasteiger partial charge in [0.2, 0.25) is 11.8 Å². The Balaban J connectivity index is 1.71. The van der Waals surface area contributed by atoms with Gasteiger partial charge in [-0.15, -0.1) is 0 Å². The van der Waals surface area contributed by atoms with E-state index >= 15 is 0 Å². The third kappa shape index (κ3) is 4.06. The Morgan fingerprint density at radius 3 is 2.60 bits per heavy atom. The number of benzene rings is 1. The number of nitrogens with one attached hydrogen (secondary N) is 1. The number of rotatable bonds is 5. The number of likely N-dealkylation sites (tertiary alicyclic amines) is 1. The zero-order chi connectivity index (χ0) is 17.8. The van der Waals surface area contributed by atoms with Crippen LogP contribution in [-0.2, 0) is 9.59 Å². The van der Waals surface area contributed by atoms with Crippen LogP contribution in [0.3, 0.4) is 0 Å². The van der Waals surface area contributed by atoms with Crippen LogP contribution in [0.5, 0.6) is 11.5 Å². The number of likely N-dealkylation sites (N-methyl/N-ethyl adjacent to an activating group) is 1. The first-order chi connectivity index (χ1) is 12.1. The van der Waals surface area contributed by atoms with Gasteiger partial charge in [0.15, 0.2) is 0 Å². The summed E-state index contributed by atoms with van der Waals surface area (Å²) < 4.78 is 11.4. The van der Waals surface area contributed by atoms with Crippen molar-refractivity contribution in [2.24, 2.45) is 0 Å². The second-order valence-corrected chi connectivity index (χ2v) is 6.79. The summed E-state index contributed by atoms with van der Waals surface area (Å²) in [5.41, 5.74) is 0.577. The lowest BCUT2D eigenvalue weighted by Gasteiger charge is -2.24. The molecular formula is C19H26N2O4. The van der Waals surface area contributed by atoms with Crippen molar-refractivity contribution in [2.45, 2.75) is 57.1 Å². The molecule has 3 rings (SSSR count). The summed E-state index contributed by atoms with van der Waals surface area (Å²) in [6.45, 7) is 0. The SMILES string of the molecule is COc1ccc(OC2CCCCC2)cc1NC(=O)C1CCC(=O)N1C. The molecule has 1 aromatic rings. The van der Waals surface area contributed by atoms with Gasteiger partial charge in [0.05, 0.1) is 18.9 Å². The standard InChI is InChI=1S/C19H26N2O4/c1-21-16(9-11-18(21)22)19(23)20-15-12-14(8-10-17(15)24-2)25-13-6-4-3-5-7-13/h8,10,12-13,16H,3-7,9,11H2,1-2H3,(H,20,23). The Labute approximate surface area is 148 Å². The van der Waals surface area contributed by atoms with Crippen LogP contribution in [-0.4, -0.2) is 43.0 Å². The molecule has 0 aromatic heterocycles. The van der Waals surface area contributed by atoms with Crippen LogP contribution in [0.25, 0.3) is 0 Å². The van der Waals surface area contributed by atoms with Crippen LogP contribution < -0.4 is 14.8 Å². The minimum absolute atomic E-state index is 0.00139. The van der Waals surface area contributed by atoms with E-state index in [9.17, 15) is 9.59 Å². The molecule has 2 amide bonds. The quantitative estimate of drug-likeness (QED) is 0.890. The first-order valence-corrected chi connectivity index (χ1v) is 8.99. The van der Waals surface area contributed by atoms with Crippen LogP contribution in [0.4, 0.5) is 5.69 Å². The zero-order valence-corrected chi connectivity index (χ0v) is 14.9. The summed E-state index contributed by atoms with van der Waals surface area (Å²) in [5, 5.41) is 2.89. The molecule has 1 heterocycles. The van der Waals surface area contributed by atoms with Crippen molar-refractivity contribution in [2.75, 3.05) is 19.5 Å². The third-order valence-corrected chi connectivity index (χ3v) is 5.08. The number of methoxy groups -OCH3 is 1. The van der Waals surface area contributed by atoms with Gasteiger partial charge >= 0.3 is 0 Å². The van der Waals surface area contributed by atoms with E-state index in [0.29, 0.717) is 24.3 Å². The van der Waals surface area contributed by atoms with E-state index in [0.717, 1.165) is 18.6 Å². The molecule has 0 bridgehead atoms. The molecular weight excluding hydrogens is 320 g/mol. The van der Waals surface area contributed by atoms with Crippen LogP contribution in [0.15, 0.2) is 18.2 Å². The lowest BCUT2D eigenvalue weighted by Crippen LogP contribution is -2.38. The molecule has 6 nitrogen and oxygen atoms in total. The van der Waals surface area contributed by atoms with Gasteiger partial charge in [0.1, 0.15) is 17.5 Å². The topological polar surface area (TPSA) is 67.9 Å². The van der Waals surface area contributed by atoms with Crippen molar-refractivity contribution in [3.05, 3.63) is 18.2 Å². The van der Waals surface area contributed by atoms with Gasteiger partial charge in [-0.25, -0.2) is 0 Å². The highest BCUT2D eigenvalue weighted by Crippen LogP contribution is 2.32. The number of carbonyl (C=O) groups is 2. The van der Waals surface area contributed by atoms with E-state index < -0.39 is 6.04 Å². The van der Waals surface area contributed by atoms with Crippen molar-refractivity contribution >= 4 is 17.5 Å². The second kappa shape index (κ2) is 7.76. The van der Waals surface area contributed by atoms with Crippen molar-refractivity contribution in [3.63, 3.8) is 0 Å². The number of hydrogen-bond acceptors (Lipinski definition) is 4. The number of hydrogen-bond donors (Lipinski definition) is 1. The highest BCUT2D eigenvalue weighted by Gasteiger charge is 2.33. The van der Waals surface area contributed by atoms with Gasteiger partial charge in [-0.1, -0.05) is 6.42 Å². The monoisotopic (exact) mass is 346 g/mol. The fraction of sp³-hybridized carbons (Fsp3) is 0.579. The minimum Gasteiger partial charge on any atom is -0.495 e. The Morgan fingerprint density at radius 1 is 1.20 bits per heavy atom. The highest BCUT2D eigenvalue weighted by molar-refractivity contribution is 5.99. The van der Waals surface area contributed by atoms with Crippen molar-refractivity contribution in [1.82, 2.24) is 4.90 Å². The maximum absolute atomic E-state index is 12.5. The molecule has 1 atom stereocenters. The fourth-order valence-corrected chi connectivity index (χ4v) is 3.56. The molecule has 0 radical (unpaired) electrons. The highest BCUT2D eigenvalue weighted by atomic mass is 16.5. The zero-order valence-electron chi connectivity index (χ0n) is 14.9. The van der Waals surface area contributed by atoms with Gasteiger partial charge < -0.3 is 19.7 Å². The molecule has 1 saturated carbocycles. The smallest absolute Gasteiger partial charge is 0.247 e. The first kappa shape index (κ1) is 17.6. The molecule has 25 heavy (non-hydrogen) atoms. The number of nitrogens with zero attached hydrogens (tertiary/aromatic N) is 1. The Morgan fingerprint density at radius 2 is 1.96 bits per heavy atom. The number of anilines is 1. The lowest BCUT2D eigenvalue weighted by molar-refractivity contribution is -0.131. The molecule has 1 saturated heterocycles. The molecule has 1 aromatic carbocycles. The second-order valence-electron chi connectivity index (χ2n) is 6.79. The van der Waals surface area contributed by atoms with Crippen LogP contribution in [0.1, 0.15) is 44.9 Å². The average molecular weight is 346 g/mol. The molecule has 2 aliphatic rings. The maximum atomic E-state index is 12.5. The van der Waals surface area contributed by atoms with E-state index in [4.69, 9.17) is 9.47 Å². The molecule has 6 heteroatoms.